The number of nitrogens with one attached hydrogen (secondary N) is 1. The van der Waals surface area contributed by atoms with Gasteiger partial charge in [0.05, 0.1) is 11.4 Å². The number of benzene rings is 2. The number of para-hydroxylation sites is 1. The molecule has 3 aromatic rings. The molecule has 0 aliphatic heterocycles. The molecular formula is C20H20N2O. The maximum atomic E-state index is 9.97. The zero-order valence-corrected chi connectivity index (χ0v) is 13.1. The maximum absolute atomic E-state index is 9.97. The fourth-order valence-corrected chi connectivity index (χ4v) is 2.54. The number of pyridine rings is 1. The van der Waals surface area contributed by atoms with Gasteiger partial charge in [-0.1, -0.05) is 48.5 Å². The summed E-state index contributed by atoms with van der Waals surface area (Å²) in [6, 6.07) is 23.8. The lowest BCUT2D eigenvalue weighted by Crippen LogP contribution is -2.18. The summed E-state index contributed by atoms with van der Waals surface area (Å²) in [7, 11) is 0. The van der Waals surface area contributed by atoms with Crippen molar-refractivity contribution in [3.8, 4) is 17.0 Å². The van der Waals surface area contributed by atoms with Crippen molar-refractivity contribution >= 4 is 0 Å². The summed E-state index contributed by atoms with van der Waals surface area (Å²) in [5.74, 6) is 0.253. The Morgan fingerprint density at radius 1 is 0.913 bits per heavy atom. The molecule has 1 heterocycles. The summed E-state index contributed by atoms with van der Waals surface area (Å²) in [6.07, 6.45) is 0. The molecule has 3 heteroatoms. The molecule has 3 rings (SSSR count). The third kappa shape index (κ3) is 3.76. The van der Waals surface area contributed by atoms with Gasteiger partial charge in [0.2, 0.25) is 0 Å². The van der Waals surface area contributed by atoms with Crippen LogP contribution in [0.25, 0.3) is 11.3 Å². The van der Waals surface area contributed by atoms with Crippen molar-refractivity contribution in [1.82, 2.24) is 10.3 Å². The molecular weight excluding hydrogens is 284 g/mol. The van der Waals surface area contributed by atoms with E-state index in [0.29, 0.717) is 6.54 Å². The van der Waals surface area contributed by atoms with Gasteiger partial charge in [-0.05, 0) is 36.8 Å². The number of aromatic hydroxyl groups is 1. The fraction of sp³-hybridized carbons (Fsp3) is 0.150. The van der Waals surface area contributed by atoms with E-state index in [0.717, 1.165) is 17.0 Å². The molecule has 0 radical (unpaired) electrons. The minimum atomic E-state index is 0.253. The molecule has 1 aromatic heterocycles. The summed E-state index contributed by atoms with van der Waals surface area (Å²) >= 11 is 0. The van der Waals surface area contributed by atoms with Gasteiger partial charge in [0.15, 0.2) is 0 Å². The van der Waals surface area contributed by atoms with Crippen LogP contribution in [0.5, 0.6) is 5.75 Å². The molecule has 0 unspecified atom stereocenters. The molecule has 0 bridgehead atoms. The topological polar surface area (TPSA) is 45.1 Å². The highest BCUT2D eigenvalue weighted by Gasteiger charge is 2.07. The second-order valence-electron chi connectivity index (χ2n) is 5.54. The van der Waals surface area contributed by atoms with E-state index in [4.69, 9.17) is 0 Å². The van der Waals surface area contributed by atoms with Crippen LogP contribution in [0.3, 0.4) is 0 Å². The van der Waals surface area contributed by atoms with Crippen LogP contribution in [-0.4, -0.2) is 10.1 Å². The summed E-state index contributed by atoms with van der Waals surface area (Å²) < 4.78 is 0. The number of aromatic nitrogens is 1. The molecule has 0 saturated carbocycles. The SMILES string of the molecule is C[C@H](NCc1cccc(-c2ccccc2O)n1)c1ccccc1. The van der Waals surface area contributed by atoms with Gasteiger partial charge in [-0.3, -0.25) is 4.98 Å². The average molecular weight is 304 g/mol. The third-order valence-corrected chi connectivity index (χ3v) is 3.88. The summed E-state index contributed by atoms with van der Waals surface area (Å²) in [5.41, 5.74) is 3.75. The highest BCUT2D eigenvalue weighted by Crippen LogP contribution is 2.27. The first kappa shape index (κ1) is 15.3. The second kappa shape index (κ2) is 7.07. The Labute approximate surface area is 136 Å². The normalized spacial score (nSPS) is 12.0. The molecule has 1 atom stereocenters. The van der Waals surface area contributed by atoms with Gasteiger partial charge in [-0.25, -0.2) is 0 Å². The lowest BCUT2D eigenvalue weighted by Gasteiger charge is -2.14. The van der Waals surface area contributed by atoms with Crippen LogP contribution in [0, 0.1) is 0 Å². The Morgan fingerprint density at radius 3 is 2.43 bits per heavy atom. The Bertz CT molecular complexity index is 771. The summed E-state index contributed by atoms with van der Waals surface area (Å²) in [5, 5.41) is 13.4. The van der Waals surface area contributed by atoms with Crippen molar-refractivity contribution in [3.05, 3.63) is 84.1 Å². The van der Waals surface area contributed by atoms with E-state index >= 15 is 0 Å². The zero-order valence-electron chi connectivity index (χ0n) is 13.1. The summed E-state index contributed by atoms with van der Waals surface area (Å²) in [6.45, 7) is 2.82. The number of nitrogens with zero attached hydrogens (tertiary/aromatic N) is 1. The predicted octanol–water partition coefficient (Wildman–Crippen LogP) is 4.31. The van der Waals surface area contributed by atoms with Crippen molar-refractivity contribution in [2.45, 2.75) is 19.5 Å². The minimum Gasteiger partial charge on any atom is -0.507 e. The molecule has 0 aliphatic carbocycles. The van der Waals surface area contributed by atoms with Crippen LogP contribution >= 0.6 is 0 Å². The highest BCUT2D eigenvalue weighted by atomic mass is 16.3. The van der Waals surface area contributed by atoms with E-state index < -0.39 is 0 Å². The van der Waals surface area contributed by atoms with E-state index in [1.54, 1.807) is 6.07 Å². The smallest absolute Gasteiger partial charge is 0.124 e. The van der Waals surface area contributed by atoms with Crippen molar-refractivity contribution in [2.75, 3.05) is 0 Å². The van der Waals surface area contributed by atoms with Gasteiger partial charge in [0.1, 0.15) is 5.75 Å². The number of hydrogen-bond donors (Lipinski definition) is 2. The van der Waals surface area contributed by atoms with Crippen LogP contribution in [0.15, 0.2) is 72.8 Å². The average Bonchev–Trinajstić information content (AvgIpc) is 2.61. The molecule has 0 saturated heterocycles. The lowest BCUT2D eigenvalue weighted by atomic mass is 10.1. The van der Waals surface area contributed by atoms with E-state index in [-0.39, 0.29) is 11.8 Å². The minimum absolute atomic E-state index is 0.253. The second-order valence-corrected chi connectivity index (χ2v) is 5.54. The monoisotopic (exact) mass is 304 g/mol. The largest absolute Gasteiger partial charge is 0.507 e. The van der Waals surface area contributed by atoms with Crippen molar-refractivity contribution in [1.29, 1.82) is 0 Å². The maximum Gasteiger partial charge on any atom is 0.124 e. The molecule has 2 N–H and O–H groups in total. The van der Waals surface area contributed by atoms with Crippen LogP contribution in [0.2, 0.25) is 0 Å². The molecule has 2 aromatic carbocycles. The van der Waals surface area contributed by atoms with Gasteiger partial charge < -0.3 is 10.4 Å². The lowest BCUT2D eigenvalue weighted by molar-refractivity contribution is 0.477. The third-order valence-electron chi connectivity index (χ3n) is 3.88. The van der Waals surface area contributed by atoms with Crippen LogP contribution in [0.4, 0.5) is 0 Å². The fourth-order valence-electron chi connectivity index (χ4n) is 2.54. The standard InChI is InChI=1S/C20H20N2O/c1-15(16-8-3-2-4-9-16)21-14-17-10-7-12-19(22-17)18-11-5-6-13-20(18)23/h2-13,15,21,23H,14H2,1H3/t15-/m0/s1. The van der Waals surface area contributed by atoms with Gasteiger partial charge in [0.25, 0.3) is 0 Å². The van der Waals surface area contributed by atoms with Gasteiger partial charge in [0, 0.05) is 18.2 Å². The molecule has 116 valence electrons. The first-order chi connectivity index (χ1) is 11.2. The Hall–Kier alpha value is -2.65. The number of hydrogen-bond acceptors (Lipinski definition) is 3. The first-order valence-corrected chi connectivity index (χ1v) is 7.76. The number of phenolic OH excluding ortho intramolecular Hbond substituents is 1. The van der Waals surface area contributed by atoms with Gasteiger partial charge in [-0.15, -0.1) is 0 Å². The molecule has 0 fully saturated rings. The van der Waals surface area contributed by atoms with E-state index in [1.165, 1.54) is 5.56 Å². The highest BCUT2D eigenvalue weighted by molar-refractivity contribution is 5.66. The van der Waals surface area contributed by atoms with Crippen LogP contribution in [0.1, 0.15) is 24.2 Å². The van der Waals surface area contributed by atoms with Crippen LogP contribution in [-0.2, 0) is 6.54 Å². The Morgan fingerprint density at radius 2 is 1.65 bits per heavy atom. The number of phenols is 1. The van der Waals surface area contributed by atoms with Gasteiger partial charge >= 0.3 is 0 Å². The quantitative estimate of drug-likeness (QED) is 0.738. The summed E-state index contributed by atoms with van der Waals surface area (Å²) in [4.78, 5) is 4.65. The van der Waals surface area contributed by atoms with E-state index in [9.17, 15) is 5.11 Å². The Kier molecular flexibility index (Phi) is 4.69. The van der Waals surface area contributed by atoms with E-state index in [1.807, 2.05) is 54.6 Å². The zero-order chi connectivity index (χ0) is 16.1. The molecule has 0 spiro atoms. The molecule has 23 heavy (non-hydrogen) atoms. The van der Waals surface area contributed by atoms with Crippen molar-refractivity contribution in [2.24, 2.45) is 0 Å². The molecule has 0 aliphatic rings. The predicted molar refractivity (Wildman–Crippen MR) is 93.0 cm³/mol. The molecule has 3 nitrogen and oxygen atoms in total. The van der Waals surface area contributed by atoms with E-state index in [2.05, 4.69) is 29.4 Å². The van der Waals surface area contributed by atoms with Crippen LogP contribution < -0.4 is 5.32 Å². The number of rotatable bonds is 5. The van der Waals surface area contributed by atoms with Gasteiger partial charge in [-0.2, -0.15) is 0 Å². The Balaban J connectivity index is 1.72. The first-order valence-electron chi connectivity index (χ1n) is 7.76. The van der Waals surface area contributed by atoms with Crippen molar-refractivity contribution < 1.29 is 5.11 Å². The molecule has 0 amide bonds. The van der Waals surface area contributed by atoms with Crippen molar-refractivity contribution in [3.63, 3.8) is 0 Å².